The number of esters is 1. The molecule has 1 aliphatic carbocycles. The van der Waals surface area contributed by atoms with Crippen LogP contribution in [0.5, 0.6) is 0 Å². The van der Waals surface area contributed by atoms with Crippen molar-refractivity contribution in [3.05, 3.63) is 97.3 Å². The molecular formula is C30H33N3O5Si. The first-order valence-corrected chi connectivity index (χ1v) is 16.9. The zero-order valence-corrected chi connectivity index (χ0v) is 23.5. The van der Waals surface area contributed by atoms with E-state index in [1.807, 2.05) is 27.5 Å². The number of imidazole rings is 1. The molecule has 0 spiro atoms. The van der Waals surface area contributed by atoms with Crippen LogP contribution in [0.4, 0.5) is 0 Å². The van der Waals surface area contributed by atoms with E-state index < -0.39 is 19.6 Å². The van der Waals surface area contributed by atoms with Crippen molar-refractivity contribution in [1.29, 1.82) is 0 Å². The predicted octanol–water partition coefficient (Wildman–Crippen LogP) is 1.94. The first kappa shape index (κ1) is 25.6. The van der Waals surface area contributed by atoms with Crippen LogP contribution in [0.1, 0.15) is 35.7 Å². The first-order chi connectivity index (χ1) is 18.6. The normalized spacial score (nSPS) is 20.0. The van der Waals surface area contributed by atoms with Gasteiger partial charge in [-0.05, 0) is 47.2 Å². The van der Waals surface area contributed by atoms with Gasteiger partial charge in [-0.25, -0.2) is 9.78 Å². The number of hydrogen-bond donors (Lipinski definition) is 2. The van der Waals surface area contributed by atoms with Crippen LogP contribution in [0.2, 0.25) is 19.1 Å². The summed E-state index contributed by atoms with van der Waals surface area (Å²) in [4.78, 5) is 29.5. The number of rotatable bonds is 6. The van der Waals surface area contributed by atoms with Gasteiger partial charge in [-0.3, -0.25) is 4.79 Å². The smallest absolute Gasteiger partial charge is 0.342 e. The van der Waals surface area contributed by atoms with Gasteiger partial charge < -0.3 is 24.1 Å². The molecule has 3 aliphatic rings. The van der Waals surface area contributed by atoms with Crippen molar-refractivity contribution in [3.8, 4) is 0 Å². The second-order valence-corrected chi connectivity index (χ2v) is 16.7. The fourth-order valence-electron chi connectivity index (χ4n) is 6.15. The highest BCUT2D eigenvalue weighted by Crippen LogP contribution is 2.36. The van der Waals surface area contributed by atoms with Crippen LogP contribution in [-0.4, -0.2) is 50.6 Å². The molecule has 0 fully saturated rings. The van der Waals surface area contributed by atoms with Crippen molar-refractivity contribution in [2.75, 3.05) is 6.61 Å². The zero-order chi connectivity index (χ0) is 27.5. The Morgan fingerprint density at radius 1 is 1.15 bits per heavy atom. The standard InChI is InChI=1S/C30H33N3O5Si/c1-4-30(37)23-15-24-27(28(35)22(23)17-38-29(30)36)33-16-21-19(8-7-9-20(21)14-25(33)31-24)11-13-39(2,3)18-32-12-6-5-10-26(32)34/h5-10,12,14,35,37H,4,11,13,15-18H2,1-3H3/t30-/m0/s1. The molecule has 1 aromatic carbocycles. The molecule has 0 amide bonds. The number of fused-ring (bicyclic) bond motifs is 4. The van der Waals surface area contributed by atoms with Gasteiger partial charge in [-0.15, -0.1) is 0 Å². The number of carbonyl (C=O) groups is 1. The highest BCUT2D eigenvalue weighted by Gasteiger charge is 2.47. The maximum Gasteiger partial charge on any atom is 0.342 e. The molecular weight excluding hydrogens is 510 g/mol. The van der Waals surface area contributed by atoms with Gasteiger partial charge in [0.1, 0.15) is 23.2 Å². The van der Waals surface area contributed by atoms with Crippen LogP contribution in [-0.2, 0) is 35.1 Å². The number of ether oxygens (including phenoxy) is 1. The summed E-state index contributed by atoms with van der Waals surface area (Å²) in [5.41, 5.74) is 4.27. The predicted molar refractivity (Wildman–Crippen MR) is 150 cm³/mol. The van der Waals surface area contributed by atoms with E-state index in [1.54, 1.807) is 19.1 Å². The number of aromatic nitrogens is 3. The van der Waals surface area contributed by atoms with Gasteiger partial charge in [0.15, 0.2) is 5.60 Å². The van der Waals surface area contributed by atoms with E-state index in [4.69, 9.17) is 9.72 Å². The van der Waals surface area contributed by atoms with Crippen LogP contribution < -0.4 is 16.4 Å². The summed E-state index contributed by atoms with van der Waals surface area (Å²) < 4.78 is 9.13. The van der Waals surface area contributed by atoms with Crippen LogP contribution >= 0.6 is 0 Å². The lowest BCUT2D eigenvalue weighted by Crippen LogP contribution is -2.49. The minimum Gasteiger partial charge on any atom is -0.505 e. The number of nitrogens with zero attached hydrogens (tertiary/aromatic N) is 3. The molecule has 0 unspecified atom stereocenters. The maximum atomic E-state index is 12.4. The highest BCUT2D eigenvalue weighted by atomic mass is 28.3. The van der Waals surface area contributed by atoms with E-state index in [9.17, 15) is 19.8 Å². The fraction of sp³-hybridized carbons (Fsp3) is 0.367. The van der Waals surface area contributed by atoms with Crippen molar-refractivity contribution >= 4 is 25.9 Å². The van der Waals surface area contributed by atoms with Crippen LogP contribution in [0.25, 0.3) is 11.8 Å². The molecule has 39 heavy (non-hydrogen) atoms. The number of hydrogen-bond acceptors (Lipinski definition) is 6. The van der Waals surface area contributed by atoms with Gasteiger partial charge in [0.05, 0.1) is 20.3 Å². The van der Waals surface area contributed by atoms with Gasteiger partial charge in [0, 0.05) is 30.4 Å². The molecule has 4 heterocycles. The fourth-order valence-corrected chi connectivity index (χ4v) is 8.44. The average Bonchev–Trinajstić information content (AvgIpc) is 3.27. The van der Waals surface area contributed by atoms with Crippen molar-refractivity contribution in [3.63, 3.8) is 0 Å². The molecule has 0 saturated heterocycles. The second-order valence-electron chi connectivity index (χ2n) is 11.6. The lowest BCUT2D eigenvalue weighted by molar-refractivity contribution is -0.163. The molecule has 2 N–H and O–H groups in total. The maximum absolute atomic E-state index is 12.4. The number of aryl methyl sites for hydroxylation is 1. The number of cyclic esters (lactones) is 1. The number of carbonyl (C=O) groups excluding carboxylic acids is 1. The Morgan fingerprint density at radius 2 is 1.97 bits per heavy atom. The topological polar surface area (TPSA) is 107 Å². The van der Waals surface area contributed by atoms with E-state index in [1.165, 1.54) is 11.1 Å². The Balaban J connectivity index is 1.33. The SMILES string of the molecule is CC[C@@]1(O)C(=O)OCC2=C1Cc1nc3n(c1=C2O)Cc1c(cccc1CC[Si](C)(C)Cn1ccccc1=O)C=3. The van der Waals surface area contributed by atoms with Crippen molar-refractivity contribution in [2.24, 2.45) is 0 Å². The average molecular weight is 544 g/mol. The summed E-state index contributed by atoms with van der Waals surface area (Å²) in [5, 5.41) is 23.1. The van der Waals surface area contributed by atoms with Gasteiger partial charge in [-0.1, -0.05) is 50.3 Å². The lowest BCUT2D eigenvalue weighted by Gasteiger charge is -2.35. The molecule has 0 bridgehead atoms. The largest absolute Gasteiger partial charge is 0.505 e. The van der Waals surface area contributed by atoms with Gasteiger partial charge >= 0.3 is 5.97 Å². The Hall–Kier alpha value is -3.69. The quantitative estimate of drug-likeness (QED) is 0.284. The third-order valence-corrected chi connectivity index (χ3v) is 11.3. The Bertz CT molecular complexity index is 1730. The molecule has 0 radical (unpaired) electrons. The molecule has 0 saturated carbocycles. The second kappa shape index (κ2) is 9.20. The Labute approximate surface area is 227 Å². The monoisotopic (exact) mass is 543 g/mol. The van der Waals surface area contributed by atoms with Gasteiger partial charge in [0.25, 0.3) is 0 Å². The number of aliphatic hydroxyl groups excluding tert-OH is 1. The molecule has 2 aliphatic heterocycles. The van der Waals surface area contributed by atoms with E-state index in [2.05, 4.69) is 31.3 Å². The summed E-state index contributed by atoms with van der Waals surface area (Å²) in [5.74, 6) is -0.642. The third kappa shape index (κ3) is 4.20. The first-order valence-electron chi connectivity index (χ1n) is 13.5. The molecule has 8 nitrogen and oxygen atoms in total. The van der Waals surface area contributed by atoms with Crippen LogP contribution in [0, 0.1) is 0 Å². The molecule has 9 heteroatoms. The molecule has 6 rings (SSSR count). The summed E-state index contributed by atoms with van der Waals surface area (Å²) in [6.45, 7) is 6.90. The zero-order valence-electron chi connectivity index (χ0n) is 22.5. The molecule has 1 atom stereocenters. The summed E-state index contributed by atoms with van der Waals surface area (Å²) in [7, 11) is -1.72. The van der Waals surface area contributed by atoms with Crippen LogP contribution in [0.3, 0.4) is 0 Å². The van der Waals surface area contributed by atoms with E-state index in [0.29, 0.717) is 35.2 Å². The highest BCUT2D eigenvalue weighted by molar-refractivity contribution is 6.76. The minimum absolute atomic E-state index is 0.0283. The number of pyridine rings is 1. The van der Waals surface area contributed by atoms with Crippen molar-refractivity contribution in [2.45, 2.75) is 63.6 Å². The lowest BCUT2D eigenvalue weighted by atomic mass is 9.80. The van der Waals surface area contributed by atoms with Gasteiger partial charge in [-0.2, -0.15) is 0 Å². The van der Waals surface area contributed by atoms with E-state index in [-0.39, 0.29) is 24.3 Å². The summed E-state index contributed by atoms with van der Waals surface area (Å²) >= 11 is 0. The van der Waals surface area contributed by atoms with Crippen LogP contribution in [0.15, 0.2) is 58.5 Å². The Kier molecular flexibility index (Phi) is 6.04. The molecule has 3 aromatic rings. The van der Waals surface area contributed by atoms with Gasteiger partial charge in [0.2, 0.25) is 5.56 Å². The Morgan fingerprint density at radius 3 is 2.74 bits per heavy atom. The third-order valence-electron chi connectivity index (χ3n) is 8.46. The summed E-state index contributed by atoms with van der Waals surface area (Å²) in [6.07, 6.45) is 6.08. The number of aliphatic hydroxyl groups is 2. The minimum atomic E-state index is -1.75. The molecule has 202 valence electrons. The number of benzene rings is 1. The van der Waals surface area contributed by atoms with E-state index in [0.717, 1.165) is 29.7 Å². The van der Waals surface area contributed by atoms with Crippen molar-refractivity contribution < 1.29 is 19.7 Å². The van der Waals surface area contributed by atoms with E-state index >= 15 is 0 Å². The molecule has 2 aromatic heterocycles. The van der Waals surface area contributed by atoms with Crippen molar-refractivity contribution in [1.82, 2.24) is 14.1 Å². The summed E-state index contributed by atoms with van der Waals surface area (Å²) in [6, 6.07) is 12.7.